The molecule has 5 saturated carbocycles. The van der Waals surface area contributed by atoms with Gasteiger partial charge in [0.2, 0.25) is 0 Å². The summed E-state index contributed by atoms with van der Waals surface area (Å²) in [5.74, 6) is 2.90. The Morgan fingerprint density at radius 1 is 0.282 bits per heavy atom. The number of rotatable bonds is 15. The molecule has 0 bridgehead atoms. The highest BCUT2D eigenvalue weighted by atomic mass is 32.1. The van der Waals surface area contributed by atoms with E-state index in [1.54, 1.807) is 39.4 Å². The van der Waals surface area contributed by atoms with Crippen LogP contribution in [-0.4, -0.2) is 205 Å². The monoisotopic (exact) mass is 1610 g/mol. The lowest BCUT2D eigenvalue weighted by Crippen LogP contribution is -2.36. The molecule has 10 aromatic heterocycles. The molecule has 0 amide bonds. The molecule has 10 aliphatic rings. The zero-order valence-corrected chi connectivity index (χ0v) is 67.2. The number of hydrogen-bond acceptors (Lipinski definition) is 25. The Morgan fingerprint density at radius 3 is 0.882 bits per heavy atom. The van der Waals surface area contributed by atoms with Gasteiger partial charge in [0.25, 0.3) is 0 Å². The summed E-state index contributed by atoms with van der Waals surface area (Å²) in [5.41, 5.74) is 2.25. The maximum Gasteiger partial charge on any atom is 0.138 e. The molecule has 0 aromatic carbocycles. The van der Waals surface area contributed by atoms with Gasteiger partial charge in [-0.05, 0) is 322 Å². The molecule has 10 aliphatic carbocycles. The van der Waals surface area contributed by atoms with Gasteiger partial charge in [-0.1, -0.05) is 0 Å². The van der Waals surface area contributed by atoms with E-state index < -0.39 is 91.6 Å². The van der Waals surface area contributed by atoms with E-state index in [1.807, 2.05) is 11.3 Å². The van der Waals surface area contributed by atoms with Gasteiger partial charge in [0.05, 0.1) is 26.9 Å². The molecule has 0 radical (unpaired) electrons. The maximum atomic E-state index is 8.39. The highest BCUT2D eigenvalue weighted by Gasteiger charge is 2.33. The van der Waals surface area contributed by atoms with Crippen LogP contribution in [0.2, 0.25) is 0 Å². The number of nitrogens with one attached hydrogen (secondary N) is 5. The van der Waals surface area contributed by atoms with Gasteiger partial charge in [0.1, 0.15) is 84.9 Å². The van der Waals surface area contributed by atoms with Gasteiger partial charge in [-0.2, -0.15) is 0 Å². The summed E-state index contributed by atoms with van der Waals surface area (Å²) in [6, 6.07) is 1.44. The molecule has 10 heterocycles. The van der Waals surface area contributed by atoms with E-state index in [0.29, 0.717) is 123 Å². The number of thiophene rings is 5. The van der Waals surface area contributed by atoms with Gasteiger partial charge in [-0.15, -0.1) is 56.7 Å². The first-order valence-corrected chi connectivity index (χ1v) is 42.8. The third-order valence-corrected chi connectivity index (χ3v) is 28.7. The van der Waals surface area contributed by atoms with Crippen LogP contribution in [-0.2, 0) is 63.9 Å². The zero-order chi connectivity index (χ0) is 103. The van der Waals surface area contributed by atoms with Crippen molar-refractivity contribution in [2.45, 2.75) is 285 Å². The van der Waals surface area contributed by atoms with Gasteiger partial charge in [-0.3, -0.25) is 0 Å². The van der Waals surface area contributed by atoms with Crippen molar-refractivity contribution in [3.05, 3.63) is 83.8 Å². The second-order valence-corrected chi connectivity index (χ2v) is 35.8. The van der Waals surface area contributed by atoms with Crippen LogP contribution in [0.25, 0.3) is 51.1 Å². The quantitative estimate of drug-likeness (QED) is 0.0647. The van der Waals surface area contributed by atoms with E-state index in [9.17, 15) is 0 Å². The molecular formula is C85H120N20S5. The number of aromatic nitrogens is 10. The molecule has 0 aliphatic heterocycles. The average molecular weight is 1610 g/mol. The molecule has 5 fully saturated rings. The lowest BCUT2D eigenvalue weighted by molar-refractivity contribution is 0.221. The normalized spacial score (nSPS) is 34.2. The van der Waals surface area contributed by atoms with Crippen LogP contribution in [0.1, 0.15) is 256 Å². The van der Waals surface area contributed by atoms with Crippen molar-refractivity contribution in [3.8, 4) is 0 Å². The predicted octanol–water partition coefficient (Wildman–Crippen LogP) is 17.3. The molecule has 0 unspecified atom stereocenters. The highest BCUT2D eigenvalue weighted by molar-refractivity contribution is 7.20. The fourth-order valence-corrected chi connectivity index (χ4v) is 22.3. The van der Waals surface area contributed by atoms with Crippen molar-refractivity contribution < 1.29 is 43.9 Å². The van der Waals surface area contributed by atoms with Crippen molar-refractivity contribution in [2.75, 3.05) is 96.8 Å². The zero-order valence-electron chi connectivity index (χ0n) is 95.1. The van der Waals surface area contributed by atoms with Crippen LogP contribution in [0.3, 0.4) is 0 Å². The van der Waals surface area contributed by atoms with Crippen LogP contribution >= 0.6 is 56.7 Å². The van der Waals surface area contributed by atoms with Crippen LogP contribution in [0.5, 0.6) is 0 Å². The SMILES string of the molecule is [2H]C([2H])([2H])N(C)C1CCC(Nc2ncnc3sc4c(c23)C([2H])([2H])C([2H])([2H])C4([2H])[2H])CC1.[2H]C([2H])([2H])N(C)C1CCC(Nc2ncnc3sc4c(c23)C([2H])([2H])C([2H])([2H])C4)CC1.[2H]C([2H])([2H])N(C)C1CCC(Nc2ncnc3sc4c(c23)CCC4)CC1.[2H]C1([2H])CC([2H])([2H])c2c1sc1ncnc(NC3CCC(N(C)C([2H])([2H])[2H])CC3)c21.[2H]C1([2H])c2sc3ncnc(NC4CCC(N(C)C)CC4)c3c2C([2H])([2H])C1([2H])[2H]. The first kappa shape index (κ1) is 48.4. The van der Waals surface area contributed by atoms with Crippen molar-refractivity contribution in [1.29, 1.82) is 0 Å². The second-order valence-electron chi connectivity index (χ2n) is 30.6. The number of anilines is 5. The Balaban J connectivity index is 0.000000128. The van der Waals surface area contributed by atoms with E-state index in [-0.39, 0.29) is 82.1 Å². The van der Waals surface area contributed by atoms with E-state index in [4.69, 9.17) is 43.9 Å². The number of nitrogens with zero attached hydrogens (tertiary/aromatic N) is 15. The van der Waals surface area contributed by atoms with Gasteiger partial charge < -0.3 is 51.1 Å². The van der Waals surface area contributed by atoms with E-state index in [0.717, 1.165) is 142 Å². The smallest absolute Gasteiger partial charge is 0.138 e. The summed E-state index contributed by atoms with van der Waals surface area (Å²) >= 11 is 6.34. The van der Waals surface area contributed by atoms with Crippen LogP contribution in [0.15, 0.2) is 31.6 Å². The van der Waals surface area contributed by atoms with Crippen molar-refractivity contribution >= 4 is 137 Å². The summed E-state index contributed by atoms with van der Waals surface area (Å²) in [6.07, 6.45) is 4.64. The molecule has 590 valence electrons. The van der Waals surface area contributed by atoms with E-state index in [1.165, 1.54) is 91.4 Å². The predicted molar refractivity (Wildman–Crippen MR) is 464 cm³/mol. The Kier molecular flexibility index (Phi) is 15.6. The largest absolute Gasteiger partial charge is 0.367 e. The molecular weight excluding hydrogens is 1460 g/mol. The molecule has 5 N–H and O–H groups in total. The minimum absolute atomic E-state index is 0.00399. The van der Waals surface area contributed by atoms with Gasteiger partial charge in [0.15, 0.2) is 0 Å². The topological polar surface area (TPSA) is 205 Å². The molecule has 20 rings (SSSR count). The summed E-state index contributed by atoms with van der Waals surface area (Å²) in [5, 5.41) is 20.3. The summed E-state index contributed by atoms with van der Waals surface area (Å²) in [6.45, 7) is -8.32. The van der Waals surface area contributed by atoms with Gasteiger partial charge in [0, 0.05) is 129 Å². The molecule has 110 heavy (non-hydrogen) atoms. The Hall–Kier alpha value is -6.00. The Labute approximate surface area is 717 Å². The molecule has 10 aromatic rings. The second kappa shape index (κ2) is 35.4. The van der Waals surface area contributed by atoms with Gasteiger partial charge >= 0.3 is 0 Å². The molecule has 0 atom stereocenters. The lowest BCUT2D eigenvalue weighted by Gasteiger charge is -2.33. The highest BCUT2D eigenvalue weighted by Crippen LogP contribution is 2.46. The minimum atomic E-state index is -2.72. The van der Waals surface area contributed by atoms with Crippen LogP contribution in [0.4, 0.5) is 29.1 Å². The summed E-state index contributed by atoms with van der Waals surface area (Å²) in [7, 11) is 10.8. The van der Waals surface area contributed by atoms with Crippen LogP contribution < -0.4 is 26.6 Å². The fraction of sp³-hybridized carbons (Fsp3) is 0.647. The third-order valence-electron chi connectivity index (χ3n) is 23.3. The fourth-order valence-electron chi connectivity index (χ4n) is 17.1. The van der Waals surface area contributed by atoms with Crippen LogP contribution in [0, 0.1) is 0 Å². The number of fused-ring (bicyclic) bond motifs is 15. The third kappa shape index (κ3) is 17.5. The maximum absolute atomic E-state index is 8.39. The number of aryl methyl sites for hydroxylation is 10. The van der Waals surface area contributed by atoms with E-state index in [2.05, 4.69) is 95.4 Å². The molecule has 25 heteroatoms. The number of hydrogen-bond donors (Lipinski definition) is 5. The summed E-state index contributed by atoms with van der Waals surface area (Å²) in [4.78, 5) is 57.3. The Bertz CT molecular complexity index is 6210. The Morgan fingerprint density at radius 2 is 0.555 bits per heavy atom. The minimum Gasteiger partial charge on any atom is -0.367 e. The lowest BCUT2D eigenvalue weighted by atomic mass is 9.90. The van der Waals surface area contributed by atoms with Gasteiger partial charge in [-0.25, -0.2) is 49.8 Å². The molecule has 20 nitrogen and oxygen atoms in total. The molecule has 0 spiro atoms. The summed E-state index contributed by atoms with van der Waals surface area (Å²) < 4.78 is 256. The van der Waals surface area contributed by atoms with Crippen molar-refractivity contribution in [3.63, 3.8) is 0 Å². The van der Waals surface area contributed by atoms with Crippen molar-refractivity contribution in [1.82, 2.24) is 74.3 Å². The first-order chi connectivity index (χ1) is 65.9. The standard InChI is InChI=1S/5C17H24N4S/c5*1-21(2)12-8-6-11(7-9-12)20-16-15-13-4-3-5-14(13)22-17(15)19-10-18-16/h5*10-12H,3-9H2,1-2H3,(H,18,19,20)/i1D3,3D2,4D2,5D2;3D2,4D2,5D2;1D3,4D2,5D2;1D3,3D2,4D2;1D3. The molecule has 0 saturated heterocycles. The van der Waals surface area contributed by atoms with Crippen molar-refractivity contribution in [2.24, 2.45) is 0 Å². The van der Waals surface area contributed by atoms with E-state index >= 15 is 0 Å². The first-order valence-electron chi connectivity index (χ1n) is 54.7. The average Bonchev–Trinajstić information content (AvgIpc) is 1.52.